The second-order valence-corrected chi connectivity index (χ2v) is 2.39. The van der Waals surface area contributed by atoms with Crippen molar-refractivity contribution in [3.05, 3.63) is 29.8 Å². The molecular formula is C9H10N2O2. The average molecular weight is 178 g/mol. The molecule has 0 aromatic heterocycles. The second kappa shape index (κ2) is 5.14. The Morgan fingerprint density at radius 2 is 2.23 bits per heavy atom. The van der Waals surface area contributed by atoms with Gasteiger partial charge in [-0.25, -0.2) is 5.48 Å². The molecule has 0 bridgehead atoms. The monoisotopic (exact) mass is 178 g/mol. The summed E-state index contributed by atoms with van der Waals surface area (Å²) >= 11 is 0. The third-order valence-electron chi connectivity index (χ3n) is 1.53. The molecule has 68 valence electrons. The summed E-state index contributed by atoms with van der Waals surface area (Å²) in [5.41, 5.74) is 2.86. The summed E-state index contributed by atoms with van der Waals surface area (Å²) in [5, 5.41) is 16.8. The van der Waals surface area contributed by atoms with Gasteiger partial charge in [-0.1, -0.05) is 18.2 Å². The predicted octanol–water partition coefficient (Wildman–Crippen LogP) is 1.07. The molecule has 0 atom stereocenters. The minimum Gasteiger partial charge on any atom is -0.478 e. The molecule has 0 saturated carbocycles. The summed E-state index contributed by atoms with van der Waals surface area (Å²) in [6.45, 7) is 0.323. The highest BCUT2D eigenvalue weighted by Gasteiger charge is 2.00. The lowest BCUT2D eigenvalue weighted by Gasteiger charge is -2.07. The van der Waals surface area contributed by atoms with Crippen molar-refractivity contribution in [3.8, 4) is 11.8 Å². The third-order valence-corrected chi connectivity index (χ3v) is 1.53. The van der Waals surface area contributed by atoms with Crippen LogP contribution in [0.25, 0.3) is 0 Å². The van der Waals surface area contributed by atoms with Crippen LogP contribution in [0, 0.1) is 11.3 Å². The lowest BCUT2D eigenvalue weighted by Crippen LogP contribution is -2.08. The van der Waals surface area contributed by atoms with Crippen LogP contribution >= 0.6 is 0 Å². The van der Waals surface area contributed by atoms with Crippen LogP contribution in [0.2, 0.25) is 0 Å². The quantitative estimate of drug-likeness (QED) is 0.677. The number of para-hydroxylation sites is 1. The number of ether oxygens (including phenoxy) is 1. The van der Waals surface area contributed by atoms with Gasteiger partial charge in [-0.05, 0) is 6.07 Å². The summed E-state index contributed by atoms with van der Waals surface area (Å²) in [5.74, 6) is 0.616. The molecule has 0 spiro atoms. The Bertz CT molecular complexity index is 307. The van der Waals surface area contributed by atoms with E-state index in [9.17, 15) is 0 Å². The first-order valence-electron chi connectivity index (χ1n) is 3.83. The van der Waals surface area contributed by atoms with E-state index in [1.54, 1.807) is 6.07 Å². The van der Waals surface area contributed by atoms with Crippen LogP contribution in [0.5, 0.6) is 5.75 Å². The van der Waals surface area contributed by atoms with E-state index < -0.39 is 0 Å². The van der Waals surface area contributed by atoms with Crippen LogP contribution in [-0.2, 0) is 6.54 Å². The number of hydrogen-bond donors (Lipinski definition) is 2. The zero-order valence-electron chi connectivity index (χ0n) is 7.03. The Morgan fingerprint density at radius 3 is 2.92 bits per heavy atom. The van der Waals surface area contributed by atoms with Gasteiger partial charge in [0.05, 0.1) is 0 Å². The number of benzene rings is 1. The maximum Gasteiger partial charge on any atom is 0.174 e. The molecule has 0 unspecified atom stereocenters. The number of hydrogen-bond acceptors (Lipinski definition) is 4. The fourth-order valence-electron chi connectivity index (χ4n) is 0.986. The highest BCUT2D eigenvalue weighted by Crippen LogP contribution is 2.16. The minimum absolute atomic E-state index is 0.0163. The molecule has 1 aromatic carbocycles. The van der Waals surface area contributed by atoms with Gasteiger partial charge in [0.1, 0.15) is 11.8 Å². The molecule has 1 rings (SSSR count). The van der Waals surface area contributed by atoms with Crippen molar-refractivity contribution in [1.82, 2.24) is 5.48 Å². The molecule has 0 heterocycles. The number of rotatable bonds is 4. The molecule has 0 saturated heterocycles. The first kappa shape index (κ1) is 9.52. The fraction of sp³-hybridized carbons (Fsp3) is 0.222. The van der Waals surface area contributed by atoms with E-state index in [4.69, 9.17) is 15.2 Å². The molecule has 0 aliphatic rings. The smallest absolute Gasteiger partial charge is 0.174 e. The number of nitrogens with one attached hydrogen (secondary N) is 1. The average Bonchev–Trinajstić information content (AvgIpc) is 2.17. The SMILES string of the molecule is N#CCOc1ccccc1CNO. The van der Waals surface area contributed by atoms with Gasteiger partial charge in [-0.15, -0.1) is 0 Å². The van der Waals surface area contributed by atoms with Crippen molar-refractivity contribution in [1.29, 1.82) is 5.26 Å². The zero-order chi connectivity index (χ0) is 9.52. The maximum absolute atomic E-state index is 8.50. The van der Waals surface area contributed by atoms with Crippen LogP contribution in [-0.4, -0.2) is 11.8 Å². The highest BCUT2D eigenvalue weighted by atomic mass is 16.5. The summed E-state index contributed by atoms with van der Waals surface area (Å²) in [6, 6.07) is 9.10. The van der Waals surface area contributed by atoms with E-state index in [-0.39, 0.29) is 6.61 Å². The lowest BCUT2D eigenvalue weighted by molar-refractivity contribution is 0.160. The zero-order valence-corrected chi connectivity index (χ0v) is 7.03. The van der Waals surface area contributed by atoms with E-state index in [0.717, 1.165) is 5.56 Å². The highest BCUT2D eigenvalue weighted by molar-refractivity contribution is 5.33. The van der Waals surface area contributed by atoms with Gasteiger partial charge < -0.3 is 9.94 Å². The molecule has 2 N–H and O–H groups in total. The van der Waals surface area contributed by atoms with Crippen LogP contribution in [0.15, 0.2) is 24.3 Å². The third kappa shape index (κ3) is 2.75. The Hall–Kier alpha value is -1.57. The van der Waals surface area contributed by atoms with Gasteiger partial charge in [-0.3, -0.25) is 0 Å². The summed E-state index contributed by atoms with van der Waals surface area (Å²) in [7, 11) is 0. The summed E-state index contributed by atoms with van der Waals surface area (Å²) in [6.07, 6.45) is 0. The standard InChI is InChI=1S/C9H10N2O2/c10-5-6-13-9-4-2-1-3-8(9)7-11-12/h1-4,11-12H,6-7H2. The Kier molecular flexibility index (Phi) is 3.76. The van der Waals surface area contributed by atoms with Crippen LogP contribution in [0.1, 0.15) is 5.56 Å². The normalized spacial score (nSPS) is 9.23. The van der Waals surface area contributed by atoms with Gasteiger partial charge in [0, 0.05) is 12.1 Å². The van der Waals surface area contributed by atoms with Crippen molar-refractivity contribution >= 4 is 0 Å². The molecule has 1 aromatic rings. The van der Waals surface area contributed by atoms with E-state index in [0.29, 0.717) is 12.3 Å². The summed E-state index contributed by atoms with van der Waals surface area (Å²) < 4.78 is 5.13. The van der Waals surface area contributed by atoms with Crippen molar-refractivity contribution in [3.63, 3.8) is 0 Å². The largest absolute Gasteiger partial charge is 0.478 e. The van der Waals surface area contributed by atoms with Crippen molar-refractivity contribution in [2.24, 2.45) is 0 Å². The van der Waals surface area contributed by atoms with Gasteiger partial charge >= 0.3 is 0 Å². The predicted molar refractivity (Wildman–Crippen MR) is 46.2 cm³/mol. The Morgan fingerprint density at radius 1 is 1.46 bits per heavy atom. The van der Waals surface area contributed by atoms with E-state index >= 15 is 0 Å². The van der Waals surface area contributed by atoms with Gasteiger partial charge in [0.15, 0.2) is 6.61 Å². The molecule has 0 amide bonds. The lowest BCUT2D eigenvalue weighted by atomic mass is 10.2. The first-order valence-corrected chi connectivity index (χ1v) is 3.83. The van der Waals surface area contributed by atoms with E-state index in [1.165, 1.54) is 0 Å². The molecule has 13 heavy (non-hydrogen) atoms. The van der Waals surface area contributed by atoms with Crippen LogP contribution in [0.4, 0.5) is 0 Å². The molecular weight excluding hydrogens is 168 g/mol. The number of hydroxylamine groups is 1. The molecule has 0 aliphatic heterocycles. The Labute approximate surface area is 76.3 Å². The molecule has 4 heteroatoms. The maximum atomic E-state index is 8.50. The van der Waals surface area contributed by atoms with E-state index in [2.05, 4.69) is 0 Å². The van der Waals surface area contributed by atoms with Crippen molar-refractivity contribution in [2.45, 2.75) is 6.54 Å². The molecule has 0 fully saturated rings. The van der Waals surface area contributed by atoms with Gasteiger partial charge in [-0.2, -0.15) is 5.26 Å². The molecule has 4 nitrogen and oxygen atoms in total. The minimum atomic E-state index is 0.0163. The van der Waals surface area contributed by atoms with Crippen LogP contribution < -0.4 is 10.2 Å². The second-order valence-electron chi connectivity index (χ2n) is 2.39. The topological polar surface area (TPSA) is 65.3 Å². The van der Waals surface area contributed by atoms with Crippen molar-refractivity contribution in [2.75, 3.05) is 6.61 Å². The fourth-order valence-corrected chi connectivity index (χ4v) is 0.986. The molecule has 0 radical (unpaired) electrons. The van der Waals surface area contributed by atoms with Crippen molar-refractivity contribution < 1.29 is 9.94 Å². The van der Waals surface area contributed by atoms with Gasteiger partial charge in [0.2, 0.25) is 0 Å². The van der Waals surface area contributed by atoms with Crippen LogP contribution in [0.3, 0.4) is 0 Å². The molecule has 0 aliphatic carbocycles. The van der Waals surface area contributed by atoms with E-state index in [1.807, 2.05) is 29.7 Å². The Balaban J connectivity index is 2.73. The first-order chi connectivity index (χ1) is 6.38. The number of nitrogens with zero attached hydrogens (tertiary/aromatic N) is 1. The number of nitriles is 1. The summed E-state index contributed by atoms with van der Waals surface area (Å²) in [4.78, 5) is 0. The van der Waals surface area contributed by atoms with Gasteiger partial charge in [0.25, 0.3) is 0 Å².